The van der Waals surface area contributed by atoms with Crippen LogP contribution in [0.15, 0.2) is 121 Å². The van der Waals surface area contributed by atoms with E-state index in [2.05, 4.69) is 0 Å². The molecule has 0 aromatic heterocycles. The van der Waals surface area contributed by atoms with Crippen LogP contribution >= 0.6 is 12.2 Å². The zero-order valence-electron chi connectivity index (χ0n) is 28.5. The maximum Gasteiger partial charge on any atom is 0.264 e. The predicted molar refractivity (Wildman–Crippen MR) is 201 cm³/mol. The number of aromatic hydroxyl groups is 1. The maximum absolute atomic E-state index is 13.5. The van der Waals surface area contributed by atoms with Gasteiger partial charge in [-0.15, -0.1) is 0 Å². The monoisotopic (exact) mass is 737 g/mol. The van der Waals surface area contributed by atoms with Gasteiger partial charge in [0.2, 0.25) is 0 Å². The Hall–Kier alpha value is -4.72. The molecule has 0 bridgehead atoms. The molecule has 7 rings (SSSR count). The second-order valence-corrected chi connectivity index (χ2v) is 13.8. The first-order chi connectivity index (χ1) is 25.6. The number of anilines is 1. The van der Waals surface area contributed by atoms with E-state index in [9.17, 15) is 35.0 Å². The van der Waals surface area contributed by atoms with Gasteiger partial charge in [0, 0.05) is 11.3 Å². The van der Waals surface area contributed by atoms with E-state index in [1.54, 1.807) is 42.5 Å². The molecule has 0 radical (unpaired) electrons. The van der Waals surface area contributed by atoms with Crippen molar-refractivity contribution in [2.45, 2.75) is 61.6 Å². The molecule has 0 amide bonds. The van der Waals surface area contributed by atoms with Crippen LogP contribution in [0.4, 0.5) is 10.1 Å². The first kappa shape index (κ1) is 36.6. The molecule has 2 fully saturated rings. The Kier molecular flexibility index (Phi) is 10.9. The number of hydrogen-bond acceptors (Lipinski definition) is 9. The summed E-state index contributed by atoms with van der Waals surface area (Å²) in [6.45, 7) is -0.520. The molecule has 53 heavy (non-hydrogen) atoms. The molecule has 11 heteroatoms. The number of nitrogens with zero attached hydrogens (tertiary/aromatic N) is 1. The summed E-state index contributed by atoms with van der Waals surface area (Å²) in [5.41, 5.74) is 6.03. The van der Waals surface area contributed by atoms with Crippen LogP contribution in [0.3, 0.4) is 0 Å². The fraction of sp³-hybridized carbons (Fsp3) is 0.262. The van der Waals surface area contributed by atoms with Crippen molar-refractivity contribution in [2.75, 3.05) is 11.5 Å². The van der Waals surface area contributed by atoms with E-state index in [1.807, 2.05) is 71.6 Å². The molecule has 2 heterocycles. The van der Waals surface area contributed by atoms with Crippen LogP contribution < -0.4 is 4.90 Å². The minimum Gasteiger partial charge on any atom is -0.508 e. The van der Waals surface area contributed by atoms with Crippen molar-refractivity contribution < 1.29 is 44.5 Å². The van der Waals surface area contributed by atoms with Gasteiger partial charge in [0.1, 0.15) is 54.2 Å². The minimum atomic E-state index is -1.49. The number of halogens is 1. The molecule has 8 atom stereocenters. The van der Waals surface area contributed by atoms with Crippen molar-refractivity contribution in [3.63, 3.8) is 0 Å². The molecule has 0 saturated carbocycles. The molecule has 274 valence electrons. The molecule has 9 nitrogen and oxygen atoms in total. The lowest BCUT2D eigenvalue weighted by molar-refractivity contribution is -0.231. The van der Waals surface area contributed by atoms with E-state index in [0.717, 1.165) is 22.4 Å². The van der Waals surface area contributed by atoms with E-state index >= 15 is 0 Å². The Balaban J connectivity index is 1.17. The number of thiocarbonyl (C=S) groups is 1. The molecule has 8 unspecified atom stereocenters. The number of aliphatic hydroxyl groups is 5. The molecular formula is C42H40FNO8S. The number of phenolic OH excluding ortho intramolecular Hbond substituents is 1. The van der Waals surface area contributed by atoms with E-state index in [-0.39, 0.29) is 16.7 Å². The van der Waals surface area contributed by atoms with Gasteiger partial charge in [-0.2, -0.15) is 0 Å². The van der Waals surface area contributed by atoms with Crippen LogP contribution in [0.5, 0.6) is 5.75 Å². The highest BCUT2D eigenvalue weighted by molar-refractivity contribution is 7.80. The van der Waals surface area contributed by atoms with Crippen LogP contribution in [0.1, 0.15) is 47.8 Å². The van der Waals surface area contributed by atoms with Gasteiger partial charge < -0.3 is 40.1 Å². The molecule has 5 aromatic rings. The van der Waals surface area contributed by atoms with Crippen molar-refractivity contribution in [3.8, 4) is 28.0 Å². The van der Waals surface area contributed by atoms with E-state index in [0.29, 0.717) is 35.1 Å². The Morgan fingerprint density at radius 3 is 2.00 bits per heavy atom. The number of rotatable bonds is 10. The summed E-state index contributed by atoms with van der Waals surface area (Å²) < 4.78 is 25.5. The summed E-state index contributed by atoms with van der Waals surface area (Å²) in [4.78, 5) is 1.88. The lowest BCUT2D eigenvalue weighted by atomic mass is 9.90. The van der Waals surface area contributed by atoms with Gasteiger partial charge in [-0.05, 0) is 88.8 Å². The van der Waals surface area contributed by atoms with Gasteiger partial charge in [-0.1, -0.05) is 91.0 Å². The fourth-order valence-corrected chi connectivity index (χ4v) is 7.53. The van der Waals surface area contributed by atoms with Gasteiger partial charge in [-0.3, -0.25) is 4.90 Å². The second-order valence-electron chi connectivity index (χ2n) is 13.4. The second kappa shape index (κ2) is 15.7. The van der Waals surface area contributed by atoms with Gasteiger partial charge in [0.15, 0.2) is 0 Å². The zero-order valence-corrected chi connectivity index (χ0v) is 29.3. The predicted octanol–water partition coefficient (Wildman–Crippen LogP) is 6.13. The lowest BCUT2D eigenvalue weighted by Gasteiger charge is -2.40. The SMILES string of the molecule is OCC1OC(c2ccc(-c3ccc(C4C(CCC(O)c5ccc(F)cc5)OC(=S)N4c4ccc(-c5ccccc5)cc4)c(O)c3)cc2)C(O)C(O)C1O. The molecular weight excluding hydrogens is 698 g/mol. The number of ether oxygens (including phenoxy) is 2. The van der Waals surface area contributed by atoms with Crippen LogP contribution in [0.2, 0.25) is 0 Å². The third-order valence-corrected chi connectivity index (χ3v) is 10.4. The standard InChI is InChI=1S/C42H40FNO8S/c43-30-15-10-27(11-16-30)33(46)20-21-35-37(44(42(53)52-35)31-17-12-25(13-18-31)24-4-2-1-3-5-24)32-19-14-29(22-34(32)47)26-6-8-28(9-7-26)41-40(50)39(49)38(48)36(23-45)51-41/h1-19,22,33,35-41,45-50H,20-21,23H2. The number of benzene rings is 5. The van der Waals surface area contributed by atoms with Crippen molar-refractivity contribution in [1.29, 1.82) is 0 Å². The average molecular weight is 738 g/mol. The first-order valence-electron chi connectivity index (χ1n) is 17.5. The van der Waals surface area contributed by atoms with Crippen LogP contribution in [-0.4, -0.2) is 72.9 Å². The van der Waals surface area contributed by atoms with E-state index in [1.165, 1.54) is 12.1 Å². The van der Waals surface area contributed by atoms with Crippen molar-refractivity contribution in [2.24, 2.45) is 0 Å². The largest absolute Gasteiger partial charge is 0.508 e. The third kappa shape index (κ3) is 7.55. The van der Waals surface area contributed by atoms with Crippen LogP contribution in [0.25, 0.3) is 22.3 Å². The number of aliphatic hydroxyl groups excluding tert-OH is 5. The normalized spacial score (nSPS) is 24.9. The quantitative estimate of drug-likeness (QED) is 0.0928. The highest BCUT2D eigenvalue weighted by atomic mass is 32.1. The summed E-state index contributed by atoms with van der Waals surface area (Å²) in [6, 6.07) is 35.5. The first-order valence-corrected chi connectivity index (χ1v) is 17.9. The van der Waals surface area contributed by atoms with Crippen LogP contribution in [0, 0.1) is 5.82 Å². The maximum atomic E-state index is 13.5. The summed E-state index contributed by atoms with van der Waals surface area (Å²) in [7, 11) is 0. The lowest BCUT2D eigenvalue weighted by Crippen LogP contribution is -2.55. The van der Waals surface area contributed by atoms with E-state index < -0.39 is 55.4 Å². The van der Waals surface area contributed by atoms with Crippen molar-refractivity contribution in [1.82, 2.24) is 0 Å². The van der Waals surface area contributed by atoms with Gasteiger partial charge in [0.05, 0.1) is 12.7 Å². The number of hydrogen-bond donors (Lipinski definition) is 6. The van der Waals surface area contributed by atoms with Crippen LogP contribution in [-0.2, 0) is 9.47 Å². The fourth-order valence-electron chi connectivity index (χ4n) is 7.19. The average Bonchev–Trinajstić information content (AvgIpc) is 3.52. The zero-order chi connectivity index (χ0) is 37.2. The minimum absolute atomic E-state index is 0.00815. The topological polar surface area (TPSA) is 143 Å². The summed E-state index contributed by atoms with van der Waals surface area (Å²) >= 11 is 5.79. The molecule has 2 aliphatic rings. The smallest absolute Gasteiger partial charge is 0.264 e. The molecule has 0 spiro atoms. The summed E-state index contributed by atoms with van der Waals surface area (Å²) in [5.74, 6) is -0.378. The Bertz CT molecular complexity index is 2010. The van der Waals surface area contributed by atoms with Crippen molar-refractivity contribution in [3.05, 3.63) is 144 Å². The van der Waals surface area contributed by atoms with Gasteiger partial charge in [-0.25, -0.2) is 4.39 Å². The van der Waals surface area contributed by atoms with Crippen molar-refractivity contribution >= 4 is 23.1 Å². The third-order valence-electron chi connectivity index (χ3n) is 10.1. The number of phenols is 1. The molecule has 0 aliphatic carbocycles. The Labute approximate surface area is 311 Å². The molecule has 2 aliphatic heterocycles. The summed E-state index contributed by atoms with van der Waals surface area (Å²) in [5, 5.41) is 63.4. The molecule has 5 aromatic carbocycles. The highest BCUT2D eigenvalue weighted by Crippen LogP contribution is 2.44. The Morgan fingerprint density at radius 2 is 1.34 bits per heavy atom. The highest BCUT2D eigenvalue weighted by Gasteiger charge is 2.44. The Morgan fingerprint density at radius 1 is 0.717 bits per heavy atom. The molecule has 2 saturated heterocycles. The summed E-state index contributed by atoms with van der Waals surface area (Å²) in [6.07, 6.45) is -7.05. The van der Waals surface area contributed by atoms with E-state index in [4.69, 9.17) is 21.7 Å². The van der Waals surface area contributed by atoms with Gasteiger partial charge in [0.25, 0.3) is 5.17 Å². The van der Waals surface area contributed by atoms with Gasteiger partial charge >= 0.3 is 0 Å². The molecule has 6 N–H and O–H groups in total.